The van der Waals surface area contributed by atoms with Crippen molar-refractivity contribution in [3.63, 3.8) is 0 Å². The number of ether oxygens (including phenoxy) is 1. The van der Waals surface area contributed by atoms with E-state index in [9.17, 15) is 4.79 Å². The number of rotatable bonds is 5. The van der Waals surface area contributed by atoms with Crippen LogP contribution in [0.2, 0.25) is 0 Å². The Kier molecular flexibility index (Phi) is 3.42. The lowest BCUT2D eigenvalue weighted by Gasteiger charge is -2.28. The minimum Gasteiger partial charge on any atom is -0.482 e. The molecule has 1 aromatic carbocycles. The highest BCUT2D eigenvalue weighted by Gasteiger charge is 2.31. The first-order chi connectivity index (χ1) is 9.69. The lowest BCUT2D eigenvalue weighted by Crippen LogP contribution is -2.29. The summed E-state index contributed by atoms with van der Waals surface area (Å²) in [4.78, 5) is 13.8. The average molecular weight is 275 g/mol. The number of hydrogen-bond acceptors (Lipinski definition) is 4. The zero-order chi connectivity index (χ0) is 14.1. The molecule has 3 N–H and O–H groups in total. The number of benzene rings is 1. The summed E-state index contributed by atoms with van der Waals surface area (Å²) in [5.41, 5.74) is 8.66. The molecule has 1 aromatic rings. The first-order valence-electron chi connectivity index (χ1n) is 7.32. The molecule has 0 radical (unpaired) electrons. The van der Waals surface area contributed by atoms with Crippen molar-refractivity contribution in [3.8, 4) is 5.75 Å². The number of unbranched alkanes of at least 4 members (excludes halogenated alkanes) is 1. The van der Waals surface area contributed by atoms with Gasteiger partial charge in [0.2, 0.25) is 0 Å². The monoisotopic (exact) mass is 275 g/mol. The van der Waals surface area contributed by atoms with Crippen molar-refractivity contribution >= 4 is 23.0 Å². The van der Waals surface area contributed by atoms with Crippen molar-refractivity contribution in [1.29, 1.82) is 0 Å². The minimum atomic E-state index is -0.111. The molecule has 1 aliphatic carbocycles. The highest BCUT2D eigenvalue weighted by molar-refractivity contribution is 5.97. The number of nitrogens with zero attached hydrogens (tertiary/aromatic N) is 1. The largest absolute Gasteiger partial charge is 0.482 e. The molecular formula is C15H21N3O2. The maximum atomic E-state index is 11.4. The lowest BCUT2D eigenvalue weighted by molar-refractivity contribution is -0.118. The standard InChI is InChI=1S/C15H21N3O2/c1-2-3-6-18(10-4-5-10)13-8-12-14(7-11(13)16)20-9-15(19)17-12/h7-8,10H,2-6,9,16H2,1H3,(H,17,19). The van der Waals surface area contributed by atoms with E-state index in [0.29, 0.717) is 11.8 Å². The Labute approximate surface area is 119 Å². The van der Waals surface area contributed by atoms with Crippen LogP contribution in [0.15, 0.2) is 12.1 Å². The SMILES string of the molecule is CCCCN(c1cc2c(cc1N)OCC(=O)N2)C1CC1. The van der Waals surface area contributed by atoms with E-state index < -0.39 is 0 Å². The van der Waals surface area contributed by atoms with Gasteiger partial charge in [-0.2, -0.15) is 0 Å². The maximum Gasteiger partial charge on any atom is 0.262 e. The summed E-state index contributed by atoms with van der Waals surface area (Å²) in [6.45, 7) is 3.27. The molecule has 1 aliphatic heterocycles. The fraction of sp³-hybridized carbons (Fsp3) is 0.533. The molecule has 20 heavy (non-hydrogen) atoms. The van der Waals surface area contributed by atoms with Gasteiger partial charge in [-0.25, -0.2) is 0 Å². The van der Waals surface area contributed by atoms with E-state index >= 15 is 0 Å². The number of nitrogens with two attached hydrogens (primary N) is 1. The molecule has 5 nitrogen and oxygen atoms in total. The lowest BCUT2D eigenvalue weighted by atomic mass is 10.1. The van der Waals surface area contributed by atoms with Gasteiger partial charge in [0.15, 0.2) is 6.61 Å². The number of carbonyl (C=O) groups is 1. The fourth-order valence-corrected chi connectivity index (χ4v) is 2.59. The van der Waals surface area contributed by atoms with E-state index in [1.54, 1.807) is 0 Å². The van der Waals surface area contributed by atoms with Crippen LogP contribution in [0.1, 0.15) is 32.6 Å². The highest BCUT2D eigenvalue weighted by atomic mass is 16.5. The third-order valence-corrected chi connectivity index (χ3v) is 3.81. The van der Waals surface area contributed by atoms with E-state index in [0.717, 1.165) is 36.4 Å². The molecule has 0 atom stereocenters. The molecular weight excluding hydrogens is 254 g/mol. The van der Waals surface area contributed by atoms with E-state index in [1.807, 2.05) is 12.1 Å². The zero-order valence-electron chi connectivity index (χ0n) is 11.8. The number of anilines is 3. The molecule has 0 bridgehead atoms. The fourth-order valence-electron chi connectivity index (χ4n) is 2.59. The predicted octanol–water partition coefficient (Wildman–Crippen LogP) is 2.37. The van der Waals surface area contributed by atoms with Crippen LogP contribution in [0.5, 0.6) is 5.75 Å². The van der Waals surface area contributed by atoms with Crippen molar-refractivity contribution in [2.24, 2.45) is 0 Å². The second kappa shape index (κ2) is 5.23. The van der Waals surface area contributed by atoms with Crippen LogP contribution >= 0.6 is 0 Å². The Balaban J connectivity index is 1.91. The van der Waals surface area contributed by atoms with Gasteiger partial charge in [0.05, 0.1) is 17.1 Å². The third kappa shape index (κ3) is 2.53. The quantitative estimate of drug-likeness (QED) is 0.810. The van der Waals surface area contributed by atoms with Crippen LogP contribution in [-0.2, 0) is 4.79 Å². The summed E-state index contributed by atoms with van der Waals surface area (Å²) in [6, 6.07) is 4.38. The Morgan fingerprint density at radius 1 is 1.45 bits per heavy atom. The van der Waals surface area contributed by atoms with Gasteiger partial charge in [0, 0.05) is 18.7 Å². The van der Waals surface area contributed by atoms with Gasteiger partial charge in [0.1, 0.15) is 5.75 Å². The van der Waals surface area contributed by atoms with Gasteiger partial charge in [0.25, 0.3) is 5.91 Å². The number of carbonyl (C=O) groups excluding carboxylic acids is 1. The van der Waals surface area contributed by atoms with E-state index in [2.05, 4.69) is 17.1 Å². The normalized spacial score (nSPS) is 17.1. The van der Waals surface area contributed by atoms with Crippen LogP contribution < -0.4 is 20.7 Å². The van der Waals surface area contributed by atoms with Crippen LogP contribution in [0, 0.1) is 0 Å². The second-order valence-corrected chi connectivity index (χ2v) is 5.52. The molecule has 0 spiro atoms. The van der Waals surface area contributed by atoms with E-state index in [-0.39, 0.29) is 12.5 Å². The minimum absolute atomic E-state index is 0.0635. The predicted molar refractivity (Wildman–Crippen MR) is 80.3 cm³/mol. The van der Waals surface area contributed by atoms with Crippen molar-refractivity contribution < 1.29 is 9.53 Å². The number of nitrogens with one attached hydrogen (secondary N) is 1. The topological polar surface area (TPSA) is 67.6 Å². The Bertz CT molecular complexity index is 526. The third-order valence-electron chi connectivity index (χ3n) is 3.81. The highest BCUT2D eigenvalue weighted by Crippen LogP contribution is 2.41. The van der Waals surface area contributed by atoms with Gasteiger partial charge >= 0.3 is 0 Å². The van der Waals surface area contributed by atoms with E-state index in [1.165, 1.54) is 12.8 Å². The summed E-state index contributed by atoms with van der Waals surface area (Å²) >= 11 is 0. The Hall–Kier alpha value is -1.91. The van der Waals surface area contributed by atoms with Crippen LogP contribution in [-0.4, -0.2) is 25.1 Å². The van der Waals surface area contributed by atoms with Crippen LogP contribution in [0.3, 0.4) is 0 Å². The molecule has 1 amide bonds. The van der Waals surface area contributed by atoms with Crippen molar-refractivity contribution in [2.45, 2.75) is 38.6 Å². The molecule has 1 fully saturated rings. The first-order valence-corrected chi connectivity index (χ1v) is 7.32. The smallest absolute Gasteiger partial charge is 0.262 e. The molecule has 1 heterocycles. The number of amides is 1. The molecule has 108 valence electrons. The summed E-state index contributed by atoms with van der Waals surface area (Å²) in [7, 11) is 0. The summed E-state index contributed by atoms with van der Waals surface area (Å²) < 4.78 is 5.40. The molecule has 3 rings (SSSR count). The van der Waals surface area contributed by atoms with Gasteiger partial charge < -0.3 is 20.7 Å². The van der Waals surface area contributed by atoms with Gasteiger partial charge in [-0.1, -0.05) is 13.3 Å². The Morgan fingerprint density at radius 2 is 2.25 bits per heavy atom. The number of fused-ring (bicyclic) bond motifs is 1. The van der Waals surface area contributed by atoms with Gasteiger partial charge in [-0.05, 0) is 25.3 Å². The zero-order valence-corrected chi connectivity index (χ0v) is 11.8. The van der Waals surface area contributed by atoms with Crippen molar-refractivity contribution in [3.05, 3.63) is 12.1 Å². The second-order valence-electron chi connectivity index (χ2n) is 5.52. The molecule has 2 aliphatic rings. The van der Waals surface area contributed by atoms with Crippen LogP contribution in [0.25, 0.3) is 0 Å². The van der Waals surface area contributed by atoms with Gasteiger partial charge in [-0.15, -0.1) is 0 Å². The maximum absolute atomic E-state index is 11.4. The summed E-state index contributed by atoms with van der Waals surface area (Å²) in [5, 5.41) is 2.85. The van der Waals surface area contributed by atoms with Crippen LogP contribution in [0.4, 0.5) is 17.1 Å². The van der Waals surface area contributed by atoms with Gasteiger partial charge in [-0.3, -0.25) is 4.79 Å². The Morgan fingerprint density at radius 3 is 2.95 bits per heavy atom. The molecule has 0 aromatic heterocycles. The molecule has 1 saturated carbocycles. The summed E-state index contributed by atoms with van der Waals surface area (Å²) in [6.07, 6.45) is 4.76. The van der Waals surface area contributed by atoms with E-state index in [4.69, 9.17) is 10.5 Å². The average Bonchev–Trinajstić information content (AvgIpc) is 3.25. The van der Waals surface area contributed by atoms with Crippen molar-refractivity contribution in [2.75, 3.05) is 29.1 Å². The summed E-state index contributed by atoms with van der Waals surface area (Å²) in [5.74, 6) is 0.553. The first kappa shape index (κ1) is 13.1. The van der Waals surface area contributed by atoms with Crippen molar-refractivity contribution in [1.82, 2.24) is 0 Å². The molecule has 5 heteroatoms. The number of nitrogen functional groups attached to an aromatic ring is 1. The molecule has 0 saturated heterocycles. The molecule has 0 unspecified atom stereocenters. The number of hydrogen-bond donors (Lipinski definition) is 2.